The zero-order chi connectivity index (χ0) is 8.55. The third kappa shape index (κ3) is 1.20. The maximum absolute atomic E-state index is 4.38. The highest BCUT2D eigenvalue weighted by Gasteiger charge is 2.01. The number of thiazole rings is 1. The van der Waals surface area contributed by atoms with Crippen LogP contribution in [-0.4, -0.2) is 9.97 Å². The first-order valence-electron chi connectivity index (χ1n) is 4.01. The van der Waals surface area contributed by atoms with E-state index >= 15 is 0 Å². The summed E-state index contributed by atoms with van der Waals surface area (Å²) in [7, 11) is 0. The van der Waals surface area contributed by atoms with Crippen LogP contribution in [0.1, 0.15) is 17.5 Å². The van der Waals surface area contributed by atoms with E-state index in [0.717, 1.165) is 21.8 Å². The molecule has 0 bridgehead atoms. The SMILES string of the molecule is CCc1cnc2sc(C)nc2c1. The van der Waals surface area contributed by atoms with Gasteiger partial charge in [0.2, 0.25) is 0 Å². The number of rotatable bonds is 1. The van der Waals surface area contributed by atoms with Crippen LogP contribution >= 0.6 is 11.3 Å². The second-order valence-corrected chi connectivity index (χ2v) is 3.94. The lowest BCUT2D eigenvalue weighted by Crippen LogP contribution is -1.81. The summed E-state index contributed by atoms with van der Waals surface area (Å²) in [5.41, 5.74) is 2.30. The van der Waals surface area contributed by atoms with Crippen LogP contribution in [0.15, 0.2) is 12.3 Å². The highest BCUT2D eigenvalue weighted by Crippen LogP contribution is 2.19. The van der Waals surface area contributed by atoms with E-state index in [2.05, 4.69) is 23.0 Å². The van der Waals surface area contributed by atoms with Gasteiger partial charge in [-0.05, 0) is 25.0 Å². The van der Waals surface area contributed by atoms with E-state index in [-0.39, 0.29) is 0 Å². The van der Waals surface area contributed by atoms with Crippen LogP contribution in [0.2, 0.25) is 0 Å². The largest absolute Gasteiger partial charge is 0.243 e. The molecule has 0 aliphatic rings. The molecule has 0 radical (unpaired) electrons. The number of aromatic nitrogens is 2. The van der Waals surface area contributed by atoms with Crippen molar-refractivity contribution in [3.8, 4) is 0 Å². The third-order valence-electron chi connectivity index (χ3n) is 1.82. The molecule has 0 aliphatic heterocycles. The summed E-state index contributed by atoms with van der Waals surface area (Å²) in [6.45, 7) is 4.14. The van der Waals surface area contributed by atoms with Crippen molar-refractivity contribution in [2.75, 3.05) is 0 Å². The summed E-state index contributed by atoms with van der Waals surface area (Å²) < 4.78 is 0. The van der Waals surface area contributed by atoms with Gasteiger partial charge in [0.15, 0.2) is 0 Å². The fraction of sp³-hybridized carbons (Fsp3) is 0.333. The number of fused-ring (bicyclic) bond motifs is 1. The molecule has 0 saturated carbocycles. The molecule has 0 N–H and O–H groups in total. The molecule has 0 fully saturated rings. The third-order valence-corrected chi connectivity index (χ3v) is 2.71. The molecule has 0 aromatic carbocycles. The molecular weight excluding hydrogens is 168 g/mol. The van der Waals surface area contributed by atoms with E-state index < -0.39 is 0 Å². The molecule has 3 heteroatoms. The molecular formula is C9H10N2S. The predicted molar refractivity (Wildman–Crippen MR) is 51.5 cm³/mol. The van der Waals surface area contributed by atoms with Crippen molar-refractivity contribution in [3.05, 3.63) is 22.8 Å². The molecule has 2 rings (SSSR count). The normalized spacial score (nSPS) is 10.8. The summed E-state index contributed by atoms with van der Waals surface area (Å²) in [6.07, 6.45) is 2.96. The predicted octanol–water partition coefficient (Wildman–Crippen LogP) is 2.56. The van der Waals surface area contributed by atoms with Crippen LogP contribution in [-0.2, 0) is 6.42 Å². The van der Waals surface area contributed by atoms with Crippen LogP contribution in [0, 0.1) is 6.92 Å². The number of pyridine rings is 1. The Kier molecular flexibility index (Phi) is 1.81. The van der Waals surface area contributed by atoms with Gasteiger partial charge in [0, 0.05) is 6.20 Å². The van der Waals surface area contributed by atoms with Crippen molar-refractivity contribution >= 4 is 21.7 Å². The Hall–Kier alpha value is -0.960. The van der Waals surface area contributed by atoms with Crippen molar-refractivity contribution < 1.29 is 0 Å². The maximum Gasteiger partial charge on any atom is 0.143 e. The Morgan fingerprint density at radius 2 is 2.33 bits per heavy atom. The molecule has 2 nitrogen and oxygen atoms in total. The van der Waals surface area contributed by atoms with Crippen LogP contribution in [0.25, 0.3) is 10.3 Å². The number of nitrogens with zero attached hydrogens (tertiary/aromatic N) is 2. The zero-order valence-electron chi connectivity index (χ0n) is 7.16. The van der Waals surface area contributed by atoms with Gasteiger partial charge in [0.05, 0.1) is 5.01 Å². The van der Waals surface area contributed by atoms with E-state index in [1.165, 1.54) is 5.56 Å². The lowest BCUT2D eigenvalue weighted by Gasteiger charge is -1.92. The Labute approximate surface area is 75.3 Å². The first kappa shape index (κ1) is 7.68. The molecule has 0 spiro atoms. The minimum atomic E-state index is 1.03. The molecule has 12 heavy (non-hydrogen) atoms. The first-order valence-corrected chi connectivity index (χ1v) is 4.83. The average Bonchev–Trinajstić information content (AvgIpc) is 2.43. The van der Waals surface area contributed by atoms with Crippen molar-refractivity contribution in [1.82, 2.24) is 9.97 Å². The summed E-state index contributed by atoms with van der Waals surface area (Å²) in [6, 6.07) is 2.12. The molecule has 0 unspecified atom stereocenters. The standard InChI is InChI=1S/C9H10N2S/c1-3-7-4-8-9(10-5-7)12-6(2)11-8/h4-5H,3H2,1-2H3. The summed E-state index contributed by atoms with van der Waals surface area (Å²) in [4.78, 5) is 9.75. The van der Waals surface area contributed by atoms with Crippen LogP contribution in [0.4, 0.5) is 0 Å². The Morgan fingerprint density at radius 3 is 3.08 bits per heavy atom. The molecule has 2 heterocycles. The van der Waals surface area contributed by atoms with Crippen molar-refractivity contribution in [1.29, 1.82) is 0 Å². The van der Waals surface area contributed by atoms with Gasteiger partial charge < -0.3 is 0 Å². The van der Waals surface area contributed by atoms with E-state index in [9.17, 15) is 0 Å². The number of aryl methyl sites for hydroxylation is 2. The topological polar surface area (TPSA) is 25.8 Å². The van der Waals surface area contributed by atoms with Crippen molar-refractivity contribution in [2.24, 2.45) is 0 Å². The van der Waals surface area contributed by atoms with Crippen LogP contribution in [0.3, 0.4) is 0 Å². The monoisotopic (exact) mass is 178 g/mol. The Balaban J connectivity index is 2.66. The van der Waals surface area contributed by atoms with E-state index in [1.54, 1.807) is 11.3 Å². The summed E-state index contributed by atoms with van der Waals surface area (Å²) in [5, 5.41) is 1.09. The molecule has 0 saturated heterocycles. The van der Waals surface area contributed by atoms with Gasteiger partial charge in [-0.1, -0.05) is 18.3 Å². The Morgan fingerprint density at radius 1 is 1.50 bits per heavy atom. The van der Waals surface area contributed by atoms with Gasteiger partial charge >= 0.3 is 0 Å². The van der Waals surface area contributed by atoms with Gasteiger partial charge in [-0.25, -0.2) is 9.97 Å². The summed E-state index contributed by atoms with van der Waals surface area (Å²) >= 11 is 1.65. The van der Waals surface area contributed by atoms with Crippen molar-refractivity contribution in [2.45, 2.75) is 20.3 Å². The van der Waals surface area contributed by atoms with E-state index in [4.69, 9.17) is 0 Å². The molecule has 0 atom stereocenters. The van der Waals surface area contributed by atoms with E-state index in [0.29, 0.717) is 0 Å². The van der Waals surface area contributed by atoms with Gasteiger partial charge in [0.25, 0.3) is 0 Å². The molecule has 2 aromatic rings. The molecule has 0 amide bonds. The van der Waals surface area contributed by atoms with Gasteiger partial charge in [-0.3, -0.25) is 0 Å². The summed E-state index contributed by atoms with van der Waals surface area (Å²) in [5.74, 6) is 0. The smallest absolute Gasteiger partial charge is 0.143 e. The lowest BCUT2D eigenvalue weighted by molar-refractivity contribution is 1.12. The highest BCUT2D eigenvalue weighted by molar-refractivity contribution is 7.18. The Bertz CT molecular complexity index is 406. The highest BCUT2D eigenvalue weighted by atomic mass is 32.1. The fourth-order valence-corrected chi connectivity index (χ4v) is 1.91. The molecule has 62 valence electrons. The molecule has 2 aromatic heterocycles. The average molecular weight is 178 g/mol. The maximum atomic E-state index is 4.38. The number of hydrogen-bond donors (Lipinski definition) is 0. The number of hydrogen-bond acceptors (Lipinski definition) is 3. The fourth-order valence-electron chi connectivity index (χ4n) is 1.17. The van der Waals surface area contributed by atoms with Crippen molar-refractivity contribution in [3.63, 3.8) is 0 Å². The van der Waals surface area contributed by atoms with Gasteiger partial charge in [-0.2, -0.15) is 0 Å². The van der Waals surface area contributed by atoms with Gasteiger partial charge in [-0.15, -0.1) is 0 Å². The zero-order valence-corrected chi connectivity index (χ0v) is 7.98. The molecule has 0 aliphatic carbocycles. The minimum Gasteiger partial charge on any atom is -0.243 e. The lowest BCUT2D eigenvalue weighted by atomic mass is 10.2. The second-order valence-electron chi connectivity index (χ2n) is 2.75. The van der Waals surface area contributed by atoms with Crippen LogP contribution in [0.5, 0.6) is 0 Å². The minimum absolute atomic E-state index is 1.03. The van der Waals surface area contributed by atoms with E-state index in [1.807, 2.05) is 13.1 Å². The quantitative estimate of drug-likeness (QED) is 0.670. The second kappa shape index (κ2) is 2.83. The first-order chi connectivity index (χ1) is 5.79. The van der Waals surface area contributed by atoms with Crippen LogP contribution < -0.4 is 0 Å². The van der Waals surface area contributed by atoms with Gasteiger partial charge in [0.1, 0.15) is 10.3 Å².